The molecule has 14 heavy (non-hydrogen) atoms. The molecule has 1 N–H and O–H groups in total. The zero-order valence-corrected chi connectivity index (χ0v) is 10.6. The summed E-state index contributed by atoms with van der Waals surface area (Å²) in [5.74, 6) is 1.62. The van der Waals surface area contributed by atoms with Gasteiger partial charge in [-0.1, -0.05) is 53.4 Å². The molecule has 1 nitrogen and oxygen atoms in total. The molecule has 0 aliphatic rings. The van der Waals surface area contributed by atoms with E-state index in [1.807, 2.05) is 0 Å². The van der Waals surface area contributed by atoms with Crippen molar-refractivity contribution in [1.29, 1.82) is 0 Å². The monoisotopic (exact) mass is 199 g/mol. The maximum atomic E-state index is 3.54. The molecule has 0 amide bonds. The Morgan fingerprint density at radius 3 is 2.14 bits per heavy atom. The molecule has 0 saturated carbocycles. The summed E-state index contributed by atoms with van der Waals surface area (Å²) >= 11 is 0. The number of rotatable bonds is 9. The van der Waals surface area contributed by atoms with Crippen LogP contribution in [-0.2, 0) is 0 Å². The molecule has 0 saturated heterocycles. The molecule has 1 unspecified atom stereocenters. The molecule has 0 aromatic carbocycles. The van der Waals surface area contributed by atoms with Crippen LogP contribution < -0.4 is 5.32 Å². The molecule has 0 aromatic rings. The molecule has 0 aromatic heterocycles. The highest BCUT2D eigenvalue weighted by atomic mass is 14.8. The largest absolute Gasteiger partial charge is 0.316 e. The van der Waals surface area contributed by atoms with E-state index in [4.69, 9.17) is 0 Å². The normalized spacial score (nSPS) is 13.5. The van der Waals surface area contributed by atoms with E-state index in [0.29, 0.717) is 0 Å². The average molecular weight is 199 g/mol. The highest BCUT2D eigenvalue weighted by Gasteiger charge is 2.05. The van der Waals surface area contributed by atoms with Crippen molar-refractivity contribution in [2.24, 2.45) is 11.8 Å². The number of hydrogen-bond donors (Lipinski definition) is 1. The summed E-state index contributed by atoms with van der Waals surface area (Å²) in [6.07, 6.45) is 6.92. The van der Waals surface area contributed by atoms with E-state index in [2.05, 4.69) is 33.0 Å². The van der Waals surface area contributed by atoms with Crippen molar-refractivity contribution in [3.8, 4) is 0 Å². The van der Waals surface area contributed by atoms with Gasteiger partial charge in [0.15, 0.2) is 0 Å². The first kappa shape index (κ1) is 14.0. The fourth-order valence-corrected chi connectivity index (χ4v) is 1.42. The lowest BCUT2D eigenvalue weighted by molar-refractivity contribution is 0.390. The molecular formula is C13H29N. The first-order valence-electron chi connectivity index (χ1n) is 6.39. The highest BCUT2D eigenvalue weighted by molar-refractivity contribution is 4.60. The van der Waals surface area contributed by atoms with Crippen LogP contribution in [0, 0.1) is 11.8 Å². The lowest BCUT2D eigenvalue weighted by Gasteiger charge is -2.15. The summed E-state index contributed by atoms with van der Waals surface area (Å²) in [6, 6.07) is 0. The van der Waals surface area contributed by atoms with E-state index in [-0.39, 0.29) is 0 Å². The standard InChI is InChI=1S/C13H29N/c1-5-6-7-8-9-10-14-11-13(4)12(2)3/h12-14H,5-11H2,1-4H3. The van der Waals surface area contributed by atoms with Crippen molar-refractivity contribution in [1.82, 2.24) is 5.32 Å². The zero-order chi connectivity index (χ0) is 10.8. The fourth-order valence-electron chi connectivity index (χ4n) is 1.42. The molecule has 0 heterocycles. The summed E-state index contributed by atoms with van der Waals surface area (Å²) in [5, 5.41) is 3.54. The van der Waals surface area contributed by atoms with Crippen molar-refractivity contribution in [2.45, 2.75) is 59.8 Å². The Bertz CT molecular complexity index is 110. The van der Waals surface area contributed by atoms with E-state index in [1.165, 1.54) is 45.2 Å². The number of hydrogen-bond acceptors (Lipinski definition) is 1. The van der Waals surface area contributed by atoms with E-state index in [1.54, 1.807) is 0 Å². The maximum absolute atomic E-state index is 3.54. The van der Waals surface area contributed by atoms with Gasteiger partial charge in [-0.2, -0.15) is 0 Å². The molecule has 0 fully saturated rings. The van der Waals surface area contributed by atoms with Crippen LogP contribution in [0.5, 0.6) is 0 Å². The topological polar surface area (TPSA) is 12.0 Å². The van der Waals surface area contributed by atoms with Gasteiger partial charge in [0.05, 0.1) is 0 Å². The Morgan fingerprint density at radius 1 is 0.929 bits per heavy atom. The Hall–Kier alpha value is -0.0400. The second-order valence-electron chi connectivity index (χ2n) is 4.84. The minimum atomic E-state index is 0.808. The predicted octanol–water partition coefficient (Wildman–Crippen LogP) is 3.84. The quantitative estimate of drug-likeness (QED) is 0.556. The van der Waals surface area contributed by atoms with Gasteiger partial charge in [0.2, 0.25) is 0 Å². The van der Waals surface area contributed by atoms with E-state index in [0.717, 1.165) is 11.8 Å². The van der Waals surface area contributed by atoms with Crippen LogP contribution in [0.1, 0.15) is 59.8 Å². The van der Waals surface area contributed by atoms with Crippen LogP contribution in [0.2, 0.25) is 0 Å². The van der Waals surface area contributed by atoms with Crippen molar-refractivity contribution < 1.29 is 0 Å². The van der Waals surface area contributed by atoms with Gasteiger partial charge in [-0.05, 0) is 31.3 Å². The first-order chi connectivity index (χ1) is 6.68. The Kier molecular flexibility index (Phi) is 9.49. The fraction of sp³-hybridized carbons (Fsp3) is 1.00. The minimum Gasteiger partial charge on any atom is -0.316 e. The molecule has 0 rings (SSSR count). The smallest absolute Gasteiger partial charge is 0.00207 e. The maximum Gasteiger partial charge on any atom is -0.00207 e. The first-order valence-corrected chi connectivity index (χ1v) is 6.39. The van der Waals surface area contributed by atoms with E-state index < -0.39 is 0 Å². The van der Waals surface area contributed by atoms with Gasteiger partial charge in [0.1, 0.15) is 0 Å². The summed E-state index contributed by atoms with van der Waals surface area (Å²) in [6.45, 7) is 11.6. The lowest BCUT2D eigenvalue weighted by Crippen LogP contribution is -2.25. The molecule has 0 aliphatic heterocycles. The van der Waals surface area contributed by atoms with Crippen LogP contribution in [0.15, 0.2) is 0 Å². The molecule has 1 heteroatoms. The van der Waals surface area contributed by atoms with Gasteiger partial charge < -0.3 is 5.32 Å². The van der Waals surface area contributed by atoms with Crippen LogP contribution >= 0.6 is 0 Å². The third-order valence-corrected chi connectivity index (χ3v) is 3.06. The molecular weight excluding hydrogens is 170 g/mol. The van der Waals surface area contributed by atoms with Gasteiger partial charge in [0, 0.05) is 0 Å². The van der Waals surface area contributed by atoms with Crippen LogP contribution in [0.25, 0.3) is 0 Å². The second kappa shape index (κ2) is 9.51. The van der Waals surface area contributed by atoms with Gasteiger partial charge in [0.25, 0.3) is 0 Å². The van der Waals surface area contributed by atoms with Gasteiger partial charge in [-0.3, -0.25) is 0 Å². The number of nitrogens with one attached hydrogen (secondary N) is 1. The molecule has 0 bridgehead atoms. The Balaban J connectivity index is 3.06. The van der Waals surface area contributed by atoms with Crippen LogP contribution in [0.4, 0.5) is 0 Å². The Morgan fingerprint density at radius 2 is 1.57 bits per heavy atom. The van der Waals surface area contributed by atoms with Crippen molar-refractivity contribution in [3.05, 3.63) is 0 Å². The van der Waals surface area contributed by atoms with Crippen LogP contribution in [-0.4, -0.2) is 13.1 Å². The van der Waals surface area contributed by atoms with Crippen LogP contribution in [0.3, 0.4) is 0 Å². The van der Waals surface area contributed by atoms with Gasteiger partial charge in [-0.15, -0.1) is 0 Å². The highest BCUT2D eigenvalue weighted by Crippen LogP contribution is 2.07. The lowest BCUT2D eigenvalue weighted by atomic mass is 9.98. The van der Waals surface area contributed by atoms with Crippen molar-refractivity contribution in [2.75, 3.05) is 13.1 Å². The molecule has 86 valence electrons. The van der Waals surface area contributed by atoms with Gasteiger partial charge in [-0.25, -0.2) is 0 Å². The predicted molar refractivity (Wildman–Crippen MR) is 65.6 cm³/mol. The third kappa shape index (κ3) is 8.55. The molecule has 1 atom stereocenters. The third-order valence-electron chi connectivity index (χ3n) is 3.06. The average Bonchev–Trinajstić information content (AvgIpc) is 2.16. The zero-order valence-electron chi connectivity index (χ0n) is 10.6. The Labute approximate surface area is 90.7 Å². The second-order valence-corrected chi connectivity index (χ2v) is 4.84. The molecule has 0 radical (unpaired) electrons. The van der Waals surface area contributed by atoms with Crippen molar-refractivity contribution in [3.63, 3.8) is 0 Å². The van der Waals surface area contributed by atoms with Gasteiger partial charge >= 0.3 is 0 Å². The molecule has 0 aliphatic carbocycles. The number of unbranched alkanes of at least 4 members (excludes halogenated alkanes) is 4. The SMILES string of the molecule is CCCCCCCNCC(C)C(C)C. The van der Waals surface area contributed by atoms with Crippen molar-refractivity contribution >= 4 is 0 Å². The van der Waals surface area contributed by atoms with E-state index >= 15 is 0 Å². The van der Waals surface area contributed by atoms with E-state index in [9.17, 15) is 0 Å². The minimum absolute atomic E-state index is 0.808. The summed E-state index contributed by atoms with van der Waals surface area (Å²) in [5.41, 5.74) is 0. The summed E-state index contributed by atoms with van der Waals surface area (Å²) in [7, 11) is 0. The molecule has 0 spiro atoms. The summed E-state index contributed by atoms with van der Waals surface area (Å²) < 4.78 is 0. The summed E-state index contributed by atoms with van der Waals surface area (Å²) in [4.78, 5) is 0.